The van der Waals surface area contributed by atoms with Gasteiger partial charge in [-0.05, 0) is 59.8 Å². The lowest BCUT2D eigenvalue weighted by molar-refractivity contribution is 0.0605. The average molecular weight is 264 g/mol. The molecular weight excluding hydrogens is 236 g/mol. The van der Waals surface area contributed by atoms with E-state index < -0.39 is 0 Å². The van der Waals surface area contributed by atoms with Crippen molar-refractivity contribution in [2.75, 3.05) is 20.1 Å². The van der Waals surface area contributed by atoms with Crippen molar-refractivity contribution in [3.63, 3.8) is 0 Å². The van der Waals surface area contributed by atoms with Crippen LogP contribution >= 0.6 is 0 Å². The zero-order chi connectivity index (χ0) is 13.9. The van der Waals surface area contributed by atoms with E-state index in [0.717, 1.165) is 6.54 Å². The molecule has 1 fully saturated rings. The molecule has 0 aromatic carbocycles. The van der Waals surface area contributed by atoms with Crippen molar-refractivity contribution < 1.29 is 0 Å². The van der Waals surface area contributed by atoms with Gasteiger partial charge in [-0.1, -0.05) is 6.42 Å². The number of likely N-dealkylation sites (tertiary alicyclic amines) is 1. The maximum Gasteiger partial charge on any atom is 0.0671 e. The van der Waals surface area contributed by atoms with Gasteiger partial charge in [0.05, 0.1) is 11.7 Å². The zero-order valence-electron chi connectivity index (χ0n) is 12.8. The van der Waals surface area contributed by atoms with Crippen LogP contribution < -0.4 is 5.32 Å². The van der Waals surface area contributed by atoms with Crippen LogP contribution in [0.4, 0.5) is 0 Å². The summed E-state index contributed by atoms with van der Waals surface area (Å²) in [5.41, 5.74) is 1.41. The molecule has 0 spiro atoms. The first-order valence-electron chi connectivity index (χ1n) is 7.55. The molecule has 4 nitrogen and oxygen atoms in total. The molecule has 0 amide bonds. The Bertz CT molecular complexity index is 391. The summed E-state index contributed by atoms with van der Waals surface area (Å²) in [6.07, 6.45) is 5.94. The summed E-state index contributed by atoms with van der Waals surface area (Å²) in [6.45, 7) is 10.2. The number of hydrogen-bond acceptors (Lipinski definition) is 3. The van der Waals surface area contributed by atoms with Crippen LogP contribution in [0.1, 0.15) is 51.8 Å². The minimum absolute atomic E-state index is 0.113. The SMILES string of the molecule is CCn1nccc1C(NC)C(C)(C)N1CCCCC1. The molecule has 2 rings (SSSR count). The van der Waals surface area contributed by atoms with Crippen LogP contribution in [0.2, 0.25) is 0 Å². The van der Waals surface area contributed by atoms with Crippen LogP contribution in [-0.2, 0) is 6.54 Å². The predicted octanol–water partition coefficient (Wildman–Crippen LogP) is 2.43. The molecule has 0 aliphatic carbocycles. The molecule has 1 aliphatic heterocycles. The fourth-order valence-electron chi connectivity index (χ4n) is 3.37. The van der Waals surface area contributed by atoms with E-state index in [4.69, 9.17) is 0 Å². The smallest absolute Gasteiger partial charge is 0.0671 e. The van der Waals surface area contributed by atoms with Crippen LogP contribution in [0.3, 0.4) is 0 Å². The molecule has 0 bridgehead atoms. The fourth-order valence-corrected chi connectivity index (χ4v) is 3.37. The lowest BCUT2D eigenvalue weighted by Crippen LogP contribution is -2.54. The zero-order valence-corrected chi connectivity index (χ0v) is 12.8. The molecule has 1 aromatic rings. The maximum absolute atomic E-state index is 4.42. The number of aryl methyl sites for hydroxylation is 1. The second kappa shape index (κ2) is 6.06. The highest BCUT2D eigenvalue weighted by atomic mass is 15.3. The first-order valence-corrected chi connectivity index (χ1v) is 7.55. The number of rotatable bonds is 5. The molecule has 2 heterocycles. The standard InChI is InChI=1S/C15H28N4/c1-5-19-13(9-10-17-19)14(16-4)15(2,3)18-11-7-6-8-12-18/h9-10,14,16H,5-8,11-12H2,1-4H3. The van der Waals surface area contributed by atoms with Crippen molar-refractivity contribution in [1.29, 1.82) is 0 Å². The third-order valence-corrected chi connectivity index (χ3v) is 4.51. The van der Waals surface area contributed by atoms with Crippen molar-refractivity contribution in [2.45, 2.75) is 58.2 Å². The van der Waals surface area contributed by atoms with E-state index in [-0.39, 0.29) is 5.54 Å². The van der Waals surface area contributed by atoms with E-state index in [2.05, 4.69) is 53.9 Å². The lowest BCUT2D eigenvalue weighted by Gasteiger charge is -2.46. The van der Waals surface area contributed by atoms with Gasteiger partial charge in [0.2, 0.25) is 0 Å². The Morgan fingerprint density at radius 3 is 2.58 bits per heavy atom. The van der Waals surface area contributed by atoms with Gasteiger partial charge >= 0.3 is 0 Å². The largest absolute Gasteiger partial charge is 0.310 e. The van der Waals surface area contributed by atoms with Gasteiger partial charge in [0, 0.05) is 18.3 Å². The molecular formula is C15H28N4. The molecule has 1 aromatic heterocycles. The highest BCUT2D eigenvalue weighted by Gasteiger charge is 2.37. The summed E-state index contributed by atoms with van der Waals surface area (Å²) in [7, 11) is 2.06. The maximum atomic E-state index is 4.42. The number of likely N-dealkylation sites (N-methyl/N-ethyl adjacent to an activating group) is 1. The Hall–Kier alpha value is -0.870. The summed E-state index contributed by atoms with van der Waals surface area (Å²) in [4.78, 5) is 2.63. The van der Waals surface area contributed by atoms with E-state index in [1.54, 1.807) is 0 Å². The quantitative estimate of drug-likeness (QED) is 0.886. The third-order valence-electron chi connectivity index (χ3n) is 4.51. The monoisotopic (exact) mass is 264 g/mol. The molecule has 1 N–H and O–H groups in total. The fraction of sp³-hybridized carbons (Fsp3) is 0.800. The van der Waals surface area contributed by atoms with E-state index >= 15 is 0 Å². The first kappa shape index (κ1) is 14.5. The summed E-state index contributed by atoms with van der Waals surface area (Å²) >= 11 is 0. The van der Waals surface area contributed by atoms with Gasteiger partial charge in [0.1, 0.15) is 0 Å². The Labute approximate surface area is 117 Å². The van der Waals surface area contributed by atoms with Crippen LogP contribution in [0.5, 0.6) is 0 Å². The number of hydrogen-bond donors (Lipinski definition) is 1. The highest BCUT2D eigenvalue weighted by Crippen LogP contribution is 2.32. The summed E-state index contributed by atoms with van der Waals surface area (Å²) < 4.78 is 2.10. The molecule has 1 saturated heterocycles. The number of aromatic nitrogens is 2. The van der Waals surface area contributed by atoms with Gasteiger partial charge in [0.25, 0.3) is 0 Å². The molecule has 1 atom stereocenters. The normalized spacial score (nSPS) is 19.6. The minimum atomic E-state index is 0.113. The van der Waals surface area contributed by atoms with Gasteiger partial charge in [0.15, 0.2) is 0 Å². The van der Waals surface area contributed by atoms with Gasteiger partial charge in [-0.2, -0.15) is 5.10 Å². The number of piperidine rings is 1. The molecule has 1 aliphatic rings. The molecule has 4 heteroatoms. The van der Waals surface area contributed by atoms with Crippen LogP contribution in [0.15, 0.2) is 12.3 Å². The second-order valence-corrected chi connectivity index (χ2v) is 5.99. The molecule has 0 radical (unpaired) electrons. The Kier molecular flexibility index (Phi) is 4.63. The topological polar surface area (TPSA) is 33.1 Å². The van der Waals surface area contributed by atoms with Crippen LogP contribution in [0.25, 0.3) is 0 Å². The Balaban J connectivity index is 2.24. The number of nitrogens with zero attached hydrogens (tertiary/aromatic N) is 3. The third kappa shape index (κ3) is 2.84. The van der Waals surface area contributed by atoms with E-state index in [1.165, 1.54) is 38.0 Å². The van der Waals surface area contributed by atoms with Crippen LogP contribution in [0, 0.1) is 0 Å². The molecule has 19 heavy (non-hydrogen) atoms. The Morgan fingerprint density at radius 2 is 2.00 bits per heavy atom. The molecule has 108 valence electrons. The number of nitrogens with one attached hydrogen (secondary N) is 1. The summed E-state index contributed by atoms with van der Waals surface area (Å²) in [5.74, 6) is 0. The molecule has 0 saturated carbocycles. The second-order valence-electron chi connectivity index (χ2n) is 5.99. The van der Waals surface area contributed by atoms with Gasteiger partial charge in [-0.25, -0.2) is 0 Å². The minimum Gasteiger partial charge on any atom is -0.310 e. The highest BCUT2D eigenvalue weighted by molar-refractivity contribution is 5.14. The van der Waals surface area contributed by atoms with Crippen molar-refractivity contribution in [1.82, 2.24) is 20.0 Å². The van der Waals surface area contributed by atoms with Crippen molar-refractivity contribution >= 4 is 0 Å². The van der Waals surface area contributed by atoms with Gasteiger partial charge in [-0.3, -0.25) is 9.58 Å². The van der Waals surface area contributed by atoms with E-state index in [0.29, 0.717) is 6.04 Å². The van der Waals surface area contributed by atoms with Gasteiger partial charge < -0.3 is 5.32 Å². The lowest BCUT2D eigenvalue weighted by atomic mass is 9.88. The Morgan fingerprint density at radius 1 is 1.32 bits per heavy atom. The van der Waals surface area contributed by atoms with Gasteiger partial charge in [-0.15, -0.1) is 0 Å². The van der Waals surface area contributed by atoms with Crippen LogP contribution in [-0.4, -0.2) is 40.4 Å². The summed E-state index contributed by atoms with van der Waals surface area (Å²) in [5, 5.41) is 7.93. The predicted molar refractivity (Wildman–Crippen MR) is 79.2 cm³/mol. The average Bonchev–Trinajstić information content (AvgIpc) is 2.88. The van der Waals surface area contributed by atoms with Crippen molar-refractivity contribution in [3.8, 4) is 0 Å². The van der Waals surface area contributed by atoms with E-state index in [9.17, 15) is 0 Å². The summed E-state index contributed by atoms with van der Waals surface area (Å²) in [6, 6.07) is 2.46. The first-order chi connectivity index (χ1) is 9.11. The van der Waals surface area contributed by atoms with Crippen molar-refractivity contribution in [3.05, 3.63) is 18.0 Å². The molecule has 1 unspecified atom stereocenters. The van der Waals surface area contributed by atoms with E-state index in [1.807, 2.05) is 6.20 Å². The van der Waals surface area contributed by atoms with Crippen molar-refractivity contribution in [2.24, 2.45) is 0 Å².